The number of benzene rings is 3. The number of rotatable bonds is 7. The fourth-order valence-corrected chi connectivity index (χ4v) is 2.52. The fourth-order valence-electron chi connectivity index (χ4n) is 2.52. The number of carbonyl (C=O) groups is 2. The lowest BCUT2D eigenvalue weighted by molar-refractivity contribution is -0.307. The smallest absolute Gasteiger partial charge is 0.271 e. The van der Waals surface area contributed by atoms with Crippen LogP contribution in [0.15, 0.2) is 84.0 Å². The van der Waals surface area contributed by atoms with E-state index in [9.17, 15) is 14.7 Å². The van der Waals surface area contributed by atoms with Crippen LogP contribution in [-0.4, -0.2) is 24.7 Å². The standard InChI is InChI=1S/C22H18N2O4/c25-21(26)15-28-20-9-5-4-8-19(20)14-23-24-22(27)18-12-10-17(11-13-18)16-6-2-1-3-7-16/h1-14H,15H2,(H,24,27)(H,25,26)/p-1. The van der Waals surface area contributed by atoms with Crippen LogP contribution in [0.1, 0.15) is 15.9 Å². The van der Waals surface area contributed by atoms with Crippen molar-refractivity contribution in [1.29, 1.82) is 0 Å². The number of carboxylic acid groups (broad SMARTS) is 1. The maximum Gasteiger partial charge on any atom is 0.271 e. The highest BCUT2D eigenvalue weighted by Crippen LogP contribution is 2.19. The predicted octanol–water partition coefficient (Wildman–Crippen LogP) is 2.25. The molecule has 0 spiro atoms. The van der Waals surface area contributed by atoms with Crippen LogP contribution in [0, 0.1) is 0 Å². The molecule has 1 amide bonds. The highest BCUT2D eigenvalue weighted by Gasteiger charge is 2.05. The topological polar surface area (TPSA) is 90.8 Å². The number of nitrogens with zero attached hydrogens (tertiary/aromatic N) is 1. The minimum Gasteiger partial charge on any atom is -0.546 e. The second-order valence-electron chi connectivity index (χ2n) is 5.84. The number of ether oxygens (including phenoxy) is 1. The lowest BCUT2D eigenvalue weighted by Gasteiger charge is -2.09. The zero-order chi connectivity index (χ0) is 19.8. The zero-order valence-corrected chi connectivity index (χ0v) is 14.9. The molecule has 0 aromatic heterocycles. The van der Waals surface area contributed by atoms with Crippen LogP contribution in [-0.2, 0) is 4.79 Å². The summed E-state index contributed by atoms with van der Waals surface area (Å²) >= 11 is 0. The molecule has 0 saturated heterocycles. The summed E-state index contributed by atoms with van der Waals surface area (Å²) < 4.78 is 5.13. The molecule has 0 aliphatic carbocycles. The summed E-state index contributed by atoms with van der Waals surface area (Å²) in [4.78, 5) is 22.8. The van der Waals surface area contributed by atoms with Crippen molar-refractivity contribution in [2.24, 2.45) is 5.10 Å². The zero-order valence-electron chi connectivity index (χ0n) is 14.9. The number of hydrogen-bond acceptors (Lipinski definition) is 5. The number of hydrogen-bond donors (Lipinski definition) is 1. The van der Waals surface area contributed by atoms with E-state index >= 15 is 0 Å². The molecule has 0 radical (unpaired) electrons. The van der Waals surface area contributed by atoms with Gasteiger partial charge in [-0.3, -0.25) is 4.79 Å². The van der Waals surface area contributed by atoms with Crippen molar-refractivity contribution >= 4 is 18.1 Å². The molecule has 3 aromatic rings. The first-order valence-electron chi connectivity index (χ1n) is 8.54. The molecular formula is C22H17N2O4-. The van der Waals surface area contributed by atoms with Crippen molar-refractivity contribution in [3.63, 3.8) is 0 Å². The third-order valence-corrected chi connectivity index (χ3v) is 3.89. The van der Waals surface area contributed by atoms with Gasteiger partial charge in [0.25, 0.3) is 5.91 Å². The molecule has 0 heterocycles. The van der Waals surface area contributed by atoms with E-state index in [2.05, 4.69) is 10.5 Å². The number of carbonyl (C=O) groups excluding carboxylic acids is 2. The molecule has 0 saturated carbocycles. The van der Waals surface area contributed by atoms with Crippen LogP contribution in [0.4, 0.5) is 0 Å². The summed E-state index contributed by atoms with van der Waals surface area (Å²) in [6.45, 7) is -0.565. The van der Waals surface area contributed by atoms with E-state index in [4.69, 9.17) is 4.74 Å². The van der Waals surface area contributed by atoms with Crippen LogP contribution >= 0.6 is 0 Å². The Balaban J connectivity index is 1.63. The Kier molecular flexibility index (Phi) is 6.15. The number of amides is 1. The number of nitrogens with one attached hydrogen (secondary N) is 1. The van der Waals surface area contributed by atoms with Gasteiger partial charge in [-0.15, -0.1) is 0 Å². The first-order valence-corrected chi connectivity index (χ1v) is 8.54. The Morgan fingerprint density at radius 3 is 2.25 bits per heavy atom. The van der Waals surface area contributed by atoms with Gasteiger partial charge < -0.3 is 14.6 Å². The number of carboxylic acids is 1. The van der Waals surface area contributed by atoms with Gasteiger partial charge in [-0.25, -0.2) is 5.43 Å². The van der Waals surface area contributed by atoms with Crippen LogP contribution < -0.4 is 15.3 Å². The molecule has 28 heavy (non-hydrogen) atoms. The van der Waals surface area contributed by atoms with Crippen molar-refractivity contribution in [1.82, 2.24) is 5.43 Å². The third kappa shape index (κ3) is 5.04. The van der Waals surface area contributed by atoms with Gasteiger partial charge in [-0.05, 0) is 35.4 Å². The van der Waals surface area contributed by atoms with Crippen LogP contribution in [0.5, 0.6) is 5.75 Å². The number of para-hydroxylation sites is 1. The highest BCUT2D eigenvalue weighted by atomic mass is 16.5. The second kappa shape index (κ2) is 9.14. The summed E-state index contributed by atoms with van der Waals surface area (Å²) in [6.07, 6.45) is 1.39. The van der Waals surface area contributed by atoms with Gasteiger partial charge in [0.15, 0.2) is 0 Å². The Morgan fingerprint density at radius 2 is 1.54 bits per heavy atom. The highest BCUT2D eigenvalue weighted by molar-refractivity contribution is 5.95. The molecule has 0 aliphatic heterocycles. The average molecular weight is 373 g/mol. The van der Waals surface area contributed by atoms with Crippen molar-refractivity contribution in [3.05, 3.63) is 90.0 Å². The third-order valence-electron chi connectivity index (χ3n) is 3.89. The van der Waals surface area contributed by atoms with Crippen molar-refractivity contribution in [2.45, 2.75) is 0 Å². The van der Waals surface area contributed by atoms with E-state index in [-0.39, 0.29) is 5.91 Å². The van der Waals surface area contributed by atoms with E-state index < -0.39 is 12.6 Å². The number of hydrazone groups is 1. The first-order chi connectivity index (χ1) is 13.6. The summed E-state index contributed by atoms with van der Waals surface area (Å²) in [5.74, 6) is -1.35. The average Bonchev–Trinajstić information content (AvgIpc) is 2.73. The van der Waals surface area contributed by atoms with E-state index in [1.165, 1.54) is 6.21 Å². The van der Waals surface area contributed by atoms with Gasteiger partial charge in [-0.1, -0.05) is 54.6 Å². The molecule has 6 heteroatoms. The second-order valence-corrected chi connectivity index (χ2v) is 5.84. The molecule has 0 bridgehead atoms. The van der Waals surface area contributed by atoms with Gasteiger partial charge in [-0.2, -0.15) is 5.10 Å². The lowest BCUT2D eigenvalue weighted by atomic mass is 10.0. The van der Waals surface area contributed by atoms with Gasteiger partial charge in [0.1, 0.15) is 12.4 Å². The molecule has 6 nitrogen and oxygen atoms in total. The minimum atomic E-state index is -1.32. The predicted molar refractivity (Wildman–Crippen MR) is 104 cm³/mol. The minimum absolute atomic E-state index is 0.330. The molecule has 0 fully saturated rings. The Hall–Kier alpha value is -3.93. The maximum atomic E-state index is 12.2. The van der Waals surface area contributed by atoms with Gasteiger partial charge >= 0.3 is 0 Å². The van der Waals surface area contributed by atoms with Gasteiger partial charge in [0.2, 0.25) is 0 Å². The lowest BCUT2D eigenvalue weighted by Crippen LogP contribution is -2.29. The van der Waals surface area contributed by atoms with Crippen molar-refractivity contribution < 1.29 is 19.4 Å². The normalized spacial score (nSPS) is 10.6. The summed E-state index contributed by atoms with van der Waals surface area (Å²) in [6, 6.07) is 23.8. The molecule has 0 aliphatic rings. The molecular weight excluding hydrogens is 356 g/mol. The number of aliphatic carboxylic acids is 1. The van der Waals surface area contributed by atoms with Crippen LogP contribution in [0.2, 0.25) is 0 Å². The Bertz CT molecular complexity index is 983. The molecule has 3 aromatic carbocycles. The summed E-state index contributed by atoms with van der Waals surface area (Å²) in [5, 5.41) is 14.5. The van der Waals surface area contributed by atoms with Crippen molar-refractivity contribution in [2.75, 3.05) is 6.61 Å². The van der Waals surface area contributed by atoms with E-state index in [1.807, 2.05) is 42.5 Å². The molecule has 140 valence electrons. The first kappa shape index (κ1) is 18.8. The Morgan fingerprint density at radius 1 is 0.893 bits per heavy atom. The van der Waals surface area contributed by atoms with Crippen LogP contribution in [0.25, 0.3) is 11.1 Å². The van der Waals surface area contributed by atoms with Crippen molar-refractivity contribution in [3.8, 4) is 16.9 Å². The van der Waals surface area contributed by atoms with E-state index in [0.717, 1.165) is 11.1 Å². The molecule has 0 atom stereocenters. The SMILES string of the molecule is O=C([O-])COc1ccccc1C=NNC(=O)c1ccc(-c2ccccc2)cc1. The molecule has 1 N–H and O–H groups in total. The monoisotopic (exact) mass is 373 g/mol. The Labute approximate surface area is 162 Å². The summed E-state index contributed by atoms with van der Waals surface area (Å²) in [5.41, 5.74) is 5.53. The largest absolute Gasteiger partial charge is 0.546 e. The quantitative estimate of drug-likeness (QED) is 0.508. The maximum absolute atomic E-state index is 12.2. The van der Waals surface area contributed by atoms with Gasteiger partial charge in [0.05, 0.1) is 12.2 Å². The molecule has 3 rings (SSSR count). The van der Waals surface area contributed by atoms with Gasteiger partial charge in [0, 0.05) is 11.1 Å². The van der Waals surface area contributed by atoms with E-state index in [0.29, 0.717) is 16.9 Å². The molecule has 0 unspecified atom stereocenters. The summed E-state index contributed by atoms with van der Waals surface area (Å²) in [7, 11) is 0. The van der Waals surface area contributed by atoms with Crippen LogP contribution in [0.3, 0.4) is 0 Å². The van der Waals surface area contributed by atoms with E-state index in [1.54, 1.807) is 36.4 Å². The fraction of sp³-hybridized carbons (Fsp3) is 0.0455.